The summed E-state index contributed by atoms with van der Waals surface area (Å²) in [4.78, 5) is 14.9. The molecule has 0 spiro atoms. The quantitative estimate of drug-likeness (QED) is 0.804. The Hall–Kier alpha value is -1.75. The fourth-order valence-corrected chi connectivity index (χ4v) is 4.78. The molecule has 144 valence electrons. The van der Waals surface area contributed by atoms with Crippen LogP contribution < -0.4 is 10.2 Å². The Morgan fingerprint density at radius 2 is 1.89 bits per heavy atom. The maximum Gasteiger partial charge on any atom is 0.223 e. The summed E-state index contributed by atoms with van der Waals surface area (Å²) in [6, 6.07) is 5.56. The Balaban J connectivity index is 1.17. The molecular formula is C21H26ClN3O2. The normalized spacial score (nSPS) is 21.2. The van der Waals surface area contributed by atoms with Crippen molar-refractivity contribution in [1.82, 2.24) is 10.5 Å². The molecule has 0 radical (unpaired) electrons. The third-order valence-electron chi connectivity index (χ3n) is 6.55. The van der Waals surface area contributed by atoms with Gasteiger partial charge in [-0.2, -0.15) is 0 Å². The molecule has 27 heavy (non-hydrogen) atoms. The van der Waals surface area contributed by atoms with Crippen LogP contribution >= 0.6 is 11.6 Å². The van der Waals surface area contributed by atoms with Crippen LogP contribution in [0.4, 0.5) is 5.82 Å². The maximum absolute atomic E-state index is 12.7. The highest BCUT2D eigenvalue weighted by molar-refractivity contribution is 6.31. The molecule has 1 aromatic heterocycles. The summed E-state index contributed by atoms with van der Waals surface area (Å²) < 4.78 is 5.42. The minimum absolute atomic E-state index is 0.113. The van der Waals surface area contributed by atoms with E-state index in [1.165, 1.54) is 25.7 Å². The van der Waals surface area contributed by atoms with E-state index in [1.54, 1.807) is 0 Å². The average Bonchev–Trinajstić information content (AvgIpc) is 3.61. The first-order chi connectivity index (χ1) is 13.2. The number of nitrogens with one attached hydrogen (secondary N) is 1. The summed E-state index contributed by atoms with van der Waals surface area (Å²) in [5.41, 5.74) is 0.750. The molecule has 2 heterocycles. The lowest BCUT2D eigenvalue weighted by molar-refractivity contribution is -0.125. The van der Waals surface area contributed by atoms with Crippen molar-refractivity contribution >= 4 is 34.3 Å². The summed E-state index contributed by atoms with van der Waals surface area (Å²) in [7, 11) is 0. The standard InChI is InChI=1S/C21H26ClN3O2/c22-16-5-6-19-17(11-16)20(24-27-19)25-9-7-15(8-10-25)21(26)23-12-18(13-1-2-13)14-3-4-14/h5-6,11,13-15,18H,1-4,7-10,12H2,(H,23,26). The van der Waals surface area contributed by atoms with Gasteiger partial charge in [0.1, 0.15) is 0 Å². The molecule has 0 unspecified atom stereocenters. The third-order valence-corrected chi connectivity index (χ3v) is 6.78. The van der Waals surface area contributed by atoms with E-state index in [1.807, 2.05) is 18.2 Å². The highest BCUT2D eigenvalue weighted by Crippen LogP contribution is 2.48. The van der Waals surface area contributed by atoms with Crippen molar-refractivity contribution < 1.29 is 9.32 Å². The predicted octanol–water partition coefficient (Wildman–Crippen LogP) is 4.25. The van der Waals surface area contributed by atoms with Crippen molar-refractivity contribution in [3.63, 3.8) is 0 Å². The van der Waals surface area contributed by atoms with Gasteiger partial charge in [-0.1, -0.05) is 16.8 Å². The Morgan fingerprint density at radius 1 is 1.19 bits per heavy atom. The first-order valence-electron chi connectivity index (χ1n) is 10.3. The van der Waals surface area contributed by atoms with E-state index in [0.29, 0.717) is 5.02 Å². The lowest BCUT2D eigenvalue weighted by Crippen LogP contribution is -2.42. The number of hydrogen-bond acceptors (Lipinski definition) is 4. The van der Waals surface area contributed by atoms with Crippen LogP contribution in [0.15, 0.2) is 22.7 Å². The number of nitrogens with zero attached hydrogens (tertiary/aromatic N) is 2. The Morgan fingerprint density at radius 3 is 2.56 bits per heavy atom. The molecule has 6 heteroatoms. The summed E-state index contributed by atoms with van der Waals surface area (Å²) in [5, 5.41) is 9.14. The number of amides is 1. The van der Waals surface area contributed by atoms with Crippen LogP contribution in [0.3, 0.4) is 0 Å². The molecule has 2 aromatic rings. The Labute approximate surface area is 164 Å². The maximum atomic E-state index is 12.7. The van der Waals surface area contributed by atoms with E-state index < -0.39 is 0 Å². The van der Waals surface area contributed by atoms with Gasteiger partial charge in [-0.05, 0) is 74.5 Å². The van der Waals surface area contributed by atoms with Gasteiger partial charge in [0, 0.05) is 30.6 Å². The summed E-state index contributed by atoms with van der Waals surface area (Å²) in [5.74, 6) is 3.70. The third kappa shape index (κ3) is 3.66. The van der Waals surface area contributed by atoms with Gasteiger partial charge in [-0.25, -0.2) is 0 Å². The molecule has 2 aliphatic carbocycles. The number of rotatable bonds is 6. The minimum Gasteiger partial charge on any atom is -0.356 e. The van der Waals surface area contributed by atoms with Gasteiger partial charge in [0.25, 0.3) is 0 Å². The van der Waals surface area contributed by atoms with Crippen LogP contribution in [0.25, 0.3) is 11.0 Å². The number of carbonyl (C=O) groups is 1. The topological polar surface area (TPSA) is 58.4 Å². The van der Waals surface area contributed by atoms with Crippen molar-refractivity contribution in [3.8, 4) is 0 Å². The molecule has 0 atom stereocenters. The van der Waals surface area contributed by atoms with Crippen molar-refractivity contribution in [1.29, 1.82) is 0 Å². The molecule has 0 bridgehead atoms. The monoisotopic (exact) mass is 387 g/mol. The van der Waals surface area contributed by atoms with Crippen LogP contribution in [0.1, 0.15) is 38.5 Å². The van der Waals surface area contributed by atoms with Crippen LogP contribution in [0.2, 0.25) is 5.02 Å². The van der Waals surface area contributed by atoms with E-state index in [-0.39, 0.29) is 11.8 Å². The van der Waals surface area contributed by atoms with Gasteiger partial charge < -0.3 is 14.7 Å². The zero-order chi connectivity index (χ0) is 18.4. The van der Waals surface area contributed by atoms with Crippen LogP contribution in [-0.2, 0) is 4.79 Å². The molecule has 1 saturated heterocycles. The fourth-order valence-electron chi connectivity index (χ4n) is 4.61. The highest BCUT2D eigenvalue weighted by atomic mass is 35.5. The minimum atomic E-state index is 0.113. The van der Waals surface area contributed by atoms with Crippen molar-refractivity contribution in [2.45, 2.75) is 38.5 Å². The van der Waals surface area contributed by atoms with Crippen LogP contribution in [-0.4, -0.2) is 30.7 Å². The first-order valence-corrected chi connectivity index (χ1v) is 10.6. The molecule has 1 N–H and O–H groups in total. The number of hydrogen-bond donors (Lipinski definition) is 1. The number of fused-ring (bicyclic) bond motifs is 1. The van der Waals surface area contributed by atoms with Gasteiger partial charge in [0.05, 0.1) is 5.39 Å². The van der Waals surface area contributed by atoms with E-state index in [4.69, 9.17) is 16.1 Å². The number of carbonyl (C=O) groups excluding carboxylic acids is 1. The zero-order valence-corrected chi connectivity index (χ0v) is 16.3. The molecule has 2 saturated carbocycles. The van der Waals surface area contributed by atoms with Gasteiger partial charge >= 0.3 is 0 Å². The summed E-state index contributed by atoms with van der Waals surface area (Å²) in [6.45, 7) is 2.53. The van der Waals surface area contributed by atoms with Gasteiger partial charge in [0.2, 0.25) is 5.91 Å². The smallest absolute Gasteiger partial charge is 0.223 e. The number of benzene rings is 1. The van der Waals surface area contributed by atoms with Gasteiger partial charge in [0.15, 0.2) is 11.4 Å². The second-order valence-corrected chi connectivity index (χ2v) is 8.93. The lowest BCUT2D eigenvalue weighted by atomic mass is 9.94. The number of aromatic nitrogens is 1. The summed E-state index contributed by atoms with van der Waals surface area (Å²) >= 11 is 6.12. The highest BCUT2D eigenvalue weighted by Gasteiger charge is 2.41. The first kappa shape index (κ1) is 17.4. The largest absolute Gasteiger partial charge is 0.356 e. The van der Waals surface area contributed by atoms with E-state index in [2.05, 4.69) is 15.4 Å². The number of piperidine rings is 1. The Bertz CT molecular complexity index is 823. The molecular weight excluding hydrogens is 362 g/mol. The second kappa shape index (κ2) is 7.01. The van der Waals surface area contributed by atoms with Crippen LogP contribution in [0, 0.1) is 23.7 Å². The van der Waals surface area contributed by atoms with Crippen molar-refractivity contribution in [3.05, 3.63) is 23.2 Å². The molecule has 1 aliphatic heterocycles. The zero-order valence-electron chi connectivity index (χ0n) is 15.5. The van der Waals surface area contributed by atoms with E-state index in [0.717, 1.165) is 67.0 Å². The average molecular weight is 388 g/mol. The van der Waals surface area contributed by atoms with Gasteiger partial charge in [-0.3, -0.25) is 4.79 Å². The SMILES string of the molecule is O=C(NCC(C1CC1)C1CC1)C1CCN(c2noc3ccc(Cl)cc23)CC1. The molecule has 1 amide bonds. The van der Waals surface area contributed by atoms with E-state index >= 15 is 0 Å². The molecule has 3 fully saturated rings. The van der Waals surface area contributed by atoms with E-state index in [9.17, 15) is 4.79 Å². The van der Waals surface area contributed by atoms with Gasteiger partial charge in [-0.15, -0.1) is 0 Å². The molecule has 3 aliphatic rings. The van der Waals surface area contributed by atoms with Crippen molar-refractivity contribution in [2.75, 3.05) is 24.5 Å². The predicted molar refractivity (Wildman–Crippen MR) is 106 cm³/mol. The lowest BCUT2D eigenvalue weighted by Gasteiger charge is -2.31. The molecule has 1 aromatic carbocycles. The van der Waals surface area contributed by atoms with Crippen molar-refractivity contribution in [2.24, 2.45) is 23.7 Å². The van der Waals surface area contributed by atoms with Crippen LogP contribution in [0.5, 0.6) is 0 Å². The second-order valence-electron chi connectivity index (χ2n) is 8.49. The summed E-state index contributed by atoms with van der Waals surface area (Å²) in [6.07, 6.45) is 7.18. The molecule has 5 rings (SSSR count). The number of anilines is 1. The number of halogens is 1. The fraction of sp³-hybridized carbons (Fsp3) is 0.619. The molecule has 5 nitrogen and oxygen atoms in total. The Kier molecular flexibility index (Phi) is 4.50.